The molecule has 1 atom stereocenters. The van der Waals surface area contributed by atoms with E-state index < -0.39 is 0 Å². The summed E-state index contributed by atoms with van der Waals surface area (Å²) < 4.78 is 5.93. The molecule has 5 heteroatoms. The highest BCUT2D eigenvalue weighted by Crippen LogP contribution is 2.25. The molecular formula is C15H22N2O3. The first kappa shape index (κ1) is 14.8. The van der Waals surface area contributed by atoms with E-state index in [1.54, 1.807) is 12.1 Å². The Kier molecular flexibility index (Phi) is 5.35. The SMILES string of the molecule is CCCCCN1CCCC1Oc1cccc([N+](=O)[O-])c1. The number of ether oxygens (including phenoxy) is 1. The van der Waals surface area contributed by atoms with Crippen LogP contribution in [0.25, 0.3) is 0 Å². The summed E-state index contributed by atoms with van der Waals surface area (Å²) in [6, 6.07) is 6.45. The molecule has 1 unspecified atom stereocenters. The Labute approximate surface area is 119 Å². The summed E-state index contributed by atoms with van der Waals surface area (Å²) in [5, 5.41) is 10.8. The highest BCUT2D eigenvalue weighted by molar-refractivity contribution is 5.38. The van der Waals surface area contributed by atoms with Crippen molar-refractivity contribution in [3.63, 3.8) is 0 Å². The number of nitrogens with zero attached hydrogens (tertiary/aromatic N) is 2. The van der Waals surface area contributed by atoms with Crippen LogP contribution in [0, 0.1) is 10.1 Å². The third kappa shape index (κ3) is 3.93. The number of non-ortho nitro benzene ring substituents is 1. The van der Waals surface area contributed by atoms with Crippen LogP contribution in [0.4, 0.5) is 5.69 Å². The number of rotatable bonds is 7. The zero-order valence-corrected chi connectivity index (χ0v) is 12.0. The van der Waals surface area contributed by atoms with Crippen molar-refractivity contribution in [2.24, 2.45) is 0 Å². The van der Waals surface area contributed by atoms with E-state index in [4.69, 9.17) is 4.74 Å². The van der Waals surface area contributed by atoms with Gasteiger partial charge in [-0.25, -0.2) is 0 Å². The second kappa shape index (κ2) is 7.24. The van der Waals surface area contributed by atoms with Gasteiger partial charge in [0.15, 0.2) is 6.23 Å². The third-order valence-corrected chi connectivity index (χ3v) is 3.65. The molecule has 1 saturated heterocycles. The molecule has 0 amide bonds. The molecule has 0 N–H and O–H groups in total. The van der Waals surface area contributed by atoms with Crippen molar-refractivity contribution in [2.75, 3.05) is 13.1 Å². The normalized spacial score (nSPS) is 19.1. The van der Waals surface area contributed by atoms with Gasteiger partial charge in [0.1, 0.15) is 5.75 Å². The van der Waals surface area contributed by atoms with Crippen LogP contribution < -0.4 is 4.74 Å². The third-order valence-electron chi connectivity index (χ3n) is 3.65. The molecule has 2 rings (SSSR count). The molecule has 20 heavy (non-hydrogen) atoms. The van der Waals surface area contributed by atoms with Gasteiger partial charge < -0.3 is 4.74 Å². The number of hydrogen-bond donors (Lipinski definition) is 0. The standard InChI is InChI=1S/C15H22N2O3/c1-2-3-4-10-16-11-6-9-15(16)20-14-8-5-7-13(12-14)17(18)19/h5,7-8,12,15H,2-4,6,9-11H2,1H3. The minimum absolute atomic E-state index is 0.0638. The Morgan fingerprint density at radius 2 is 2.30 bits per heavy atom. The smallest absolute Gasteiger partial charge is 0.273 e. The molecule has 1 fully saturated rings. The van der Waals surface area contributed by atoms with E-state index >= 15 is 0 Å². The molecule has 0 bridgehead atoms. The molecule has 0 spiro atoms. The van der Waals surface area contributed by atoms with Gasteiger partial charge in [-0.3, -0.25) is 15.0 Å². The maximum absolute atomic E-state index is 10.8. The van der Waals surface area contributed by atoms with Crippen LogP contribution in [0.3, 0.4) is 0 Å². The number of nitro groups is 1. The van der Waals surface area contributed by atoms with Crippen molar-refractivity contribution in [1.82, 2.24) is 4.90 Å². The number of benzene rings is 1. The van der Waals surface area contributed by atoms with Crippen LogP contribution in [-0.2, 0) is 0 Å². The fourth-order valence-corrected chi connectivity index (χ4v) is 2.58. The van der Waals surface area contributed by atoms with Gasteiger partial charge in [-0.2, -0.15) is 0 Å². The molecule has 5 nitrogen and oxygen atoms in total. The van der Waals surface area contributed by atoms with E-state index in [0.717, 1.165) is 25.9 Å². The maximum atomic E-state index is 10.8. The van der Waals surface area contributed by atoms with Crippen LogP contribution in [0.15, 0.2) is 24.3 Å². The molecule has 1 aliphatic rings. The van der Waals surface area contributed by atoms with Crippen molar-refractivity contribution < 1.29 is 9.66 Å². The van der Waals surface area contributed by atoms with Gasteiger partial charge in [0.2, 0.25) is 0 Å². The lowest BCUT2D eigenvalue weighted by Gasteiger charge is -2.25. The van der Waals surface area contributed by atoms with Gasteiger partial charge >= 0.3 is 0 Å². The summed E-state index contributed by atoms with van der Waals surface area (Å²) in [5.74, 6) is 0.589. The number of hydrogen-bond acceptors (Lipinski definition) is 4. The zero-order chi connectivity index (χ0) is 14.4. The summed E-state index contributed by atoms with van der Waals surface area (Å²) in [6.45, 7) is 4.30. The van der Waals surface area contributed by atoms with Gasteiger partial charge in [0.05, 0.1) is 11.0 Å². The van der Waals surface area contributed by atoms with Crippen molar-refractivity contribution >= 4 is 5.69 Å². The number of unbranched alkanes of at least 4 members (excludes halogenated alkanes) is 2. The van der Waals surface area contributed by atoms with E-state index in [1.807, 2.05) is 0 Å². The Morgan fingerprint density at radius 1 is 1.45 bits per heavy atom. The van der Waals surface area contributed by atoms with Gasteiger partial charge in [-0.15, -0.1) is 0 Å². The Morgan fingerprint density at radius 3 is 3.05 bits per heavy atom. The summed E-state index contributed by atoms with van der Waals surface area (Å²) in [6.07, 6.45) is 5.82. The average Bonchev–Trinajstić information content (AvgIpc) is 2.87. The van der Waals surface area contributed by atoms with Crippen LogP contribution in [0.2, 0.25) is 0 Å². The van der Waals surface area contributed by atoms with Crippen LogP contribution in [-0.4, -0.2) is 29.1 Å². The second-order valence-corrected chi connectivity index (χ2v) is 5.21. The Hall–Kier alpha value is -1.62. The summed E-state index contributed by atoms with van der Waals surface area (Å²) in [4.78, 5) is 12.7. The highest BCUT2D eigenvalue weighted by Gasteiger charge is 2.25. The molecule has 0 aromatic heterocycles. The summed E-state index contributed by atoms with van der Waals surface area (Å²) in [7, 11) is 0. The van der Waals surface area contributed by atoms with Crippen molar-refractivity contribution in [2.45, 2.75) is 45.3 Å². The second-order valence-electron chi connectivity index (χ2n) is 5.21. The van der Waals surface area contributed by atoms with Crippen molar-refractivity contribution in [3.05, 3.63) is 34.4 Å². The Bertz CT molecular complexity index is 450. The average molecular weight is 278 g/mol. The van der Waals surface area contributed by atoms with Crippen molar-refractivity contribution in [3.8, 4) is 5.75 Å². The monoisotopic (exact) mass is 278 g/mol. The molecule has 0 radical (unpaired) electrons. The molecule has 1 heterocycles. The minimum atomic E-state index is -0.388. The van der Waals surface area contributed by atoms with Crippen LogP contribution in [0.5, 0.6) is 5.75 Å². The predicted molar refractivity (Wildman–Crippen MR) is 77.8 cm³/mol. The van der Waals surface area contributed by atoms with E-state index in [-0.39, 0.29) is 16.8 Å². The molecule has 1 aliphatic heterocycles. The molecule has 0 aliphatic carbocycles. The van der Waals surface area contributed by atoms with Gasteiger partial charge in [0.25, 0.3) is 5.69 Å². The summed E-state index contributed by atoms with van der Waals surface area (Å²) >= 11 is 0. The summed E-state index contributed by atoms with van der Waals surface area (Å²) in [5.41, 5.74) is 0.0815. The quantitative estimate of drug-likeness (QED) is 0.434. The van der Waals surface area contributed by atoms with E-state index in [9.17, 15) is 10.1 Å². The van der Waals surface area contributed by atoms with Crippen molar-refractivity contribution in [1.29, 1.82) is 0 Å². The zero-order valence-electron chi connectivity index (χ0n) is 12.0. The Balaban J connectivity index is 1.94. The fourth-order valence-electron chi connectivity index (χ4n) is 2.58. The number of likely N-dealkylation sites (tertiary alicyclic amines) is 1. The molecule has 1 aromatic carbocycles. The van der Waals surface area contributed by atoms with Crippen LogP contribution in [0.1, 0.15) is 39.0 Å². The van der Waals surface area contributed by atoms with Gasteiger partial charge in [0, 0.05) is 19.2 Å². The predicted octanol–water partition coefficient (Wildman–Crippen LogP) is 3.59. The van der Waals surface area contributed by atoms with Gasteiger partial charge in [-0.05, 0) is 25.3 Å². The maximum Gasteiger partial charge on any atom is 0.273 e. The molecular weight excluding hydrogens is 256 g/mol. The van der Waals surface area contributed by atoms with Gasteiger partial charge in [-0.1, -0.05) is 25.8 Å². The first-order valence-electron chi connectivity index (χ1n) is 7.36. The minimum Gasteiger partial charge on any atom is -0.475 e. The number of nitro benzene ring substituents is 1. The largest absolute Gasteiger partial charge is 0.475 e. The topological polar surface area (TPSA) is 55.6 Å². The molecule has 1 aromatic rings. The lowest BCUT2D eigenvalue weighted by molar-refractivity contribution is -0.385. The van der Waals surface area contributed by atoms with E-state index in [1.165, 1.54) is 31.4 Å². The first-order valence-corrected chi connectivity index (χ1v) is 7.36. The van der Waals surface area contributed by atoms with E-state index in [0.29, 0.717) is 5.75 Å². The lowest BCUT2D eigenvalue weighted by Crippen LogP contribution is -2.34. The molecule has 110 valence electrons. The fraction of sp³-hybridized carbons (Fsp3) is 0.600. The highest BCUT2D eigenvalue weighted by atomic mass is 16.6. The van der Waals surface area contributed by atoms with Crippen LogP contribution >= 0.6 is 0 Å². The molecule has 0 saturated carbocycles. The first-order chi connectivity index (χ1) is 9.70. The van der Waals surface area contributed by atoms with E-state index in [2.05, 4.69) is 11.8 Å². The lowest BCUT2D eigenvalue weighted by atomic mass is 10.2.